The zero-order chi connectivity index (χ0) is 2.00. The molecule has 0 saturated carbocycles. The molecule has 0 aliphatic heterocycles. The molecule has 53 valence electrons. The van der Waals surface area contributed by atoms with Crippen molar-refractivity contribution >= 4 is 25.6 Å². The van der Waals surface area contributed by atoms with Gasteiger partial charge in [-0.25, -0.2) is 0 Å². The van der Waals surface area contributed by atoms with Gasteiger partial charge in [-0.15, -0.1) is 0 Å². The fourth-order valence-electron chi connectivity index (χ4n) is 0. The van der Waals surface area contributed by atoms with Crippen molar-refractivity contribution < 1.29 is 91.1 Å². The van der Waals surface area contributed by atoms with Crippen LogP contribution in [0.5, 0.6) is 0 Å². The van der Waals surface area contributed by atoms with Crippen LogP contribution >= 0.6 is 0 Å². The standard InChI is InChI=1S/Al.Co.Cu.Ni.H3Si.Ti.W.3H/h;;;;1H3;;;;;. The van der Waals surface area contributed by atoms with Gasteiger partial charge in [0, 0.05) is 72.1 Å². The Hall–Kier alpha value is 3.67. The SMILES string of the molecule is [AlH3].[Co].[Cu].[Ni].[SiH3][W].[Ti]. The molecule has 0 aromatic rings. The summed E-state index contributed by atoms with van der Waals surface area (Å²) in [7, 11) is 1.39. The fraction of sp³-hybridized carbons (Fsp3) is 0. The second kappa shape index (κ2) is 54.0. The summed E-state index contributed by atoms with van der Waals surface area (Å²) in [4.78, 5) is 0. The third-order valence-corrected chi connectivity index (χ3v) is 0. The Kier molecular flexibility index (Phi) is 353. The summed E-state index contributed by atoms with van der Waals surface area (Å²) in [5, 5.41) is 0. The van der Waals surface area contributed by atoms with E-state index in [4.69, 9.17) is 0 Å². The second-order valence-electron chi connectivity index (χ2n) is 0. The van der Waals surface area contributed by atoms with Crippen molar-refractivity contribution in [2.24, 2.45) is 0 Å². The third kappa shape index (κ3) is 42.2. The van der Waals surface area contributed by atoms with Crippen molar-refractivity contribution in [3.05, 3.63) is 0 Å². The van der Waals surface area contributed by atoms with Crippen molar-refractivity contribution in [1.82, 2.24) is 0 Å². The molecule has 2 radical (unpaired) electrons. The van der Waals surface area contributed by atoms with Crippen molar-refractivity contribution in [1.29, 1.82) is 0 Å². The van der Waals surface area contributed by atoms with Gasteiger partial charge in [0.1, 0.15) is 0 Å². The van der Waals surface area contributed by atoms with E-state index < -0.39 is 0 Å². The first-order valence-corrected chi connectivity index (χ1v) is 10.0. The third-order valence-electron chi connectivity index (χ3n) is 0. The molecule has 0 amide bonds. The summed E-state index contributed by atoms with van der Waals surface area (Å²) in [5.41, 5.74) is 0. The van der Waals surface area contributed by atoms with E-state index in [2.05, 4.69) is 0 Å². The van der Waals surface area contributed by atoms with Crippen molar-refractivity contribution in [3.8, 4) is 0 Å². The van der Waals surface area contributed by atoms with Gasteiger partial charge in [0.25, 0.3) is 0 Å². The maximum atomic E-state index is 1.72. The minimum Gasteiger partial charge on any atom is 0 e. The Morgan fingerprint density at radius 1 is 1.14 bits per heavy atom. The van der Waals surface area contributed by atoms with Gasteiger partial charge in [0.05, 0.1) is 0 Å². The molecule has 7 heavy (non-hydrogen) atoms. The van der Waals surface area contributed by atoms with E-state index in [0.29, 0.717) is 0 Å². The van der Waals surface area contributed by atoms with Crippen LogP contribution in [-0.4, -0.2) is 25.6 Å². The minimum atomic E-state index is 0. The minimum absolute atomic E-state index is 0. The van der Waals surface area contributed by atoms with Gasteiger partial charge >= 0.3 is 27.3 Å². The van der Waals surface area contributed by atoms with E-state index >= 15 is 0 Å². The van der Waals surface area contributed by atoms with E-state index in [-0.39, 0.29) is 89.4 Å². The van der Waals surface area contributed by atoms with Gasteiger partial charge in [0.15, 0.2) is 17.4 Å². The van der Waals surface area contributed by atoms with Crippen molar-refractivity contribution in [2.75, 3.05) is 0 Å². The Bertz CT molecular complexity index is 19.7. The van der Waals surface area contributed by atoms with Crippen LogP contribution in [0.4, 0.5) is 0 Å². The summed E-state index contributed by atoms with van der Waals surface area (Å²) in [5.74, 6) is 0. The smallest absolute Gasteiger partial charge is 0 e. The van der Waals surface area contributed by atoms with Gasteiger partial charge in [0.2, 0.25) is 0 Å². The topological polar surface area (TPSA) is 0 Å². The molecule has 0 aliphatic rings. The predicted octanol–water partition coefficient (Wildman–Crippen LogP) is -2.38. The Morgan fingerprint density at radius 2 is 1.14 bits per heavy atom. The van der Waals surface area contributed by atoms with Crippen LogP contribution in [-0.2, 0) is 91.1 Å². The molecule has 0 aromatic heterocycles. The van der Waals surface area contributed by atoms with Gasteiger partial charge in [-0.05, 0) is 0 Å². The molecule has 0 aliphatic carbocycles. The van der Waals surface area contributed by atoms with E-state index in [0.717, 1.165) is 0 Å². The normalized spacial score (nSPS) is 1.14. The molecule has 0 nitrogen and oxygen atoms in total. The van der Waals surface area contributed by atoms with Crippen LogP contribution in [0.1, 0.15) is 0 Å². The molecule has 0 bridgehead atoms. The first-order valence-electron chi connectivity index (χ1n) is 0.408. The Morgan fingerprint density at radius 3 is 1.14 bits per heavy atom. The van der Waals surface area contributed by atoms with Crippen LogP contribution in [0.25, 0.3) is 0 Å². The van der Waals surface area contributed by atoms with Crippen LogP contribution < -0.4 is 0 Å². The summed E-state index contributed by atoms with van der Waals surface area (Å²) < 4.78 is 0. The van der Waals surface area contributed by atoms with Crippen LogP contribution in [0.2, 0.25) is 0 Å². The summed E-state index contributed by atoms with van der Waals surface area (Å²) in [6.07, 6.45) is 0. The predicted molar refractivity (Wildman–Crippen MR) is 19.9 cm³/mol. The van der Waals surface area contributed by atoms with Gasteiger partial charge in [-0.3, -0.25) is 0 Å². The average Bonchev–Trinajstić information content (AvgIpc) is 1.00. The van der Waals surface area contributed by atoms with Crippen LogP contribution in [0.3, 0.4) is 0 Å². The van der Waals surface area contributed by atoms with E-state index in [1.165, 1.54) is 8.21 Å². The van der Waals surface area contributed by atoms with Gasteiger partial charge in [-0.1, -0.05) is 0 Å². The molecular formula is H6AlCoCuNiSiTiW. The van der Waals surface area contributed by atoms with E-state index in [9.17, 15) is 0 Å². The van der Waals surface area contributed by atoms with Crippen LogP contribution in [0, 0.1) is 0 Å². The first kappa shape index (κ1) is 45.7. The Labute approximate surface area is 115 Å². The molecular weight excluding hydrogens is 468 g/mol. The van der Waals surface area contributed by atoms with Crippen molar-refractivity contribution in [2.45, 2.75) is 0 Å². The molecule has 0 atom stereocenters. The summed E-state index contributed by atoms with van der Waals surface area (Å²) in [6, 6.07) is 0. The Balaban J connectivity index is -0.000000000500. The largest absolute Gasteiger partial charge is 0 e. The first-order chi connectivity index (χ1) is 1.00. The zero-order valence-corrected chi connectivity index (χ0v) is 12.3. The molecule has 0 rings (SSSR count). The molecule has 0 heterocycles. The molecule has 0 fully saturated rings. The summed E-state index contributed by atoms with van der Waals surface area (Å²) in [6.45, 7) is 0. The second-order valence-corrected chi connectivity index (χ2v) is 0. The monoisotopic (exact) mass is 473 g/mol. The number of hydrogen-bond donors (Lipinski definition) is 0. The zero-order valence-electron chi connectivity index (χ0n) is 2.86. The maximum Gasteiger partial charge on any atom is 0 e. The maximum absolute atomic E-state index is 1.72. The number of hydrogen-bond acceptors (Lipinski definition) is 0. The number of rotatable bonds is 0. The average molecular weight is 474 g/mol. The van der Waals surface area contributed by atoms with Gasteiger partial charge in [-0.2, -0.15) is 0 Å². The van der Waals surface area contributed by atoms with E-state index in [1.54, 1.807) is 19.1 Å². The van der Waals surface area contributed by atoms with Crippen LogP contribution in [0.15, 0.2) is 0 Å². The molecule has 0 unspecified atom stereocenters. The summed E-state index contributed by atoms with van der Waals surface area (Å²) >= 11 is 1.72. The molecule has 0 N–H and O–H groups in total. The van der Waals surface area contributed by atoms with E-state index in [1.807, 2.05) is 0 Å². The van der Waals surface area contributed by atoms with Gasteiger partial charge < -0.3 is 0 Å². The molecule has 0 saturated heterocycles. The molecule has 7 heteroatoms. The molecule has 0 aromatic carbocycles. The molecule has 0 spiro atoms. The fourth-order valence-corrected chi connectivity index (χ4v) is 0. The van der Waals surface area contributed by atoms with Crippen molar-refractivity contribution in [3.63, 3.8) is 0 Å². The quantitative estimate of drug-likeness (QED) is 0.345.